The summed E-state index contributed by atoms with van der Waals surface area (Å²) in [5.74, 6) is -1.19. The van der Waals surface area contributed by atoms with E-state index >= 15 is 0 Å². The molecule has 0 amide bonds. The number of carboxylic acids is 1. The molecule has 0 fully saturated rings. The van der Waals surface area contributed by atoms with Crippen LogP contribution >= 0.6 is 0 Å². The average Bonchev–Trinajstić information content (AvgIpc) is 2.72. The van der Waals surface area contributed by atoms with E-state index < -0.39 is 17.7 Å². The number of imidazole rings is 1. The number of rotatable bonds is 4. The summed E-state index contributed by atoms with van der Waals surface area (Å²) >= 11 is 0. The minimum Gasteiger partial charge on any atom is -0.477 e. The van der Waals surface area contributed by atoms with Gasteiger partial charge < -0.3 is 5.11 Å². The summed E-state index contributed by atoms with van der Waals surface area (Å²) in [6, 6.07) is 1.71. The van der Waals surface area contributed by atoms with Crippen LogP contribution in [0.2, 0.25) is 0 Å². The van der Waals surface area contributed by atoms with Gasteiger partial charge in [-0.2, -0.15) is 13.2 Å². The number of carbonyl (C=O) groups is 1. The number of aryl methyl sites for hydroxylation is 1. The summed E-state index contributed by atoms with van der Waals surface area (Å²) in [7, 11) is 0. The molecule has 1 N–H and O–H groups in total. The van der Waals surface area contributed by atoms with E-state index in [-0.39, 0.29) is 11.3 Å². The molecule has 2 aromatic rings. The highest BCUT2D eigenvalue weighted by molar-refractivity contribution is 5.88. The molecule has 0 unspecified atom stereocenters. The number of hydrogen-bond donors (Lipinski definition) is 1. The predicted octanol–water partition coefficient (Wildman–Crippen LogP) is 3.39. The largest absolute Gasteiger partial charge is 0.477 e. The van der Waals surface area contributed by atoms with Gasteiger partial charge in [0, 0.05) is 6.20 Å². The van der Waals surface area contributed by atoms with E-state index in [1.807, 2.05) is 6.92 Å². The van der Waals surface area contributed by atoms with Crippen molar-refractivity contribution in [1.29, 1.82) is 0 Å². The lowest BCUT2D eigenvalue weighted by Gasteiger charge is -2.06. The number of aromatic carboxylic acids is 1. The Hall–Kier alpha value is -2.05. The molecule has 4 nitrogen and oxygen atoms in total. The maximum absolute atomic E-state index is 12.6. The first-order chi connectivity index (χ1) is 9.34. The molecule has 0 saturated carbocycles. The zero-order valence-electron chi connectivity index (χ0n) is 10.7. The van der Waals surface area contributed by atoms with Gasteiger partial charge in [-0.05, 0) is 25.0 Å². The minimum absolute atomic E-state index is 0.00308. The van der Waals surface area contributed by atoms with Crippen molar-refractivity contribution >= 4 is 11.6 Å². The van der Waals surface area contributed by atoms with Gasteiger partial charge in [0.15, 0.2) is 5.69 Å². The Bertz CT molecular complexity index is 647. The monoisotopic (exact) mass is 286 g/mol. The molecule has 0 aromatic carbocycles. The second kappa shape index (κ2) is 5.15. The maximum atomic E-state index is 12.6. The van der Waals surface area contributed by atoms with Crippen LogP contribution in [0, 0.1) is 0 Å². The van der Waals surface area contributed by atoms with Crippen molar-refractivity contribution in [2.24, 2.45) is 0 Å². The normalized spacial score (nSPS) is 12.0. The summed E-state index contributed by atoms with van der Waals surface area (Å²) < 4.78 is 39.1. The number of aromatic nitrogens is 2. The van der Waals surface area contributed by atoms with E-state index in [0.29, 0.717) is 12.1 Å². The van der Waals surface area contributed by atoms with E-state index in [1.54, 1.807) is 0 Å². The Balaban J connectivity index is 2.58. The van der Waals surface area contributed by atoms with Crippen molar-refractivity contribution in [2.75, 3.05) is 0 Å². The van der Waals surface area contributed by atoms with Gasteiger partial charge >= 0.3 is 12.1 Å². The number of nitrogens with zero attached hydrogens (tertiary/aromatic N) is 2. The van der Waals surface area contributed by atoms with Crippen LogP contribution < -0.4 is 0 Å². The molecule has 7 heteroatoms. The molecular formula is C13H13F3N2O2. The number of fused-ring (bicyclic) bond motifs is 1. The van der Waals surface area contributed by atoms with Gasteiger partial charge in [0.25, 0.3) is 0 Å². The summed E-state index contributed by atoms with van der Waals surface area (Å²) in [5.41, 5.74) is -0.585. The number of pyridine rings is 1. The third kappa shape index (κ3) is 2.61. The second-order valence-electron chi connectivity index (χ2n) is 4.46. The van der Waals surface area contributed by atoms with Gasteiger partial charge in [-0.25, -0.2) is 9.78 Å². The third-order valence-corrected chi connectivity index (χ3v) is 3.00. The smallest absolute Gasteiger partial charge is 0.416 e. The number of unbranched alkanes of at least 4 members (excludes halogenated alkanes) is 1. The maximum Gasteiger partial charge on any atom is 0.416 e. The van der Waals surface area contributed by atoms with E-state index in [4.69, 9.17) is 0 Å². The van der Waals surface area contributed by atoms with Crippen LogP contribution in [0.15, 0.2) is 18.3 Å². The van der Waals surface area contributed by atoms with E-state index in [1.165, 1.54) is 4.40 Å². The molecule has 0 bridgehead atoms. The number of carboxylic acid groups (broad SMARTS) is 1. The van der Waals surface area contributed by atoms with Crippen molar-refractivity contribution in [2.45, 2.75) is 32.4 Å². The van der Waals surface area contributed by atoms with Crippen LogP contribution in [-0.4, -0.2) is 20.5 Å². The van der Waals surface area contributed by atoms with Gasteiger partial charge in [-0.15, -0.1) is 0 Å². The van der Waals surface area contributed by atoms with E-state index in [2.05, 4.69) is 4.98 Å². The first-order valence-electron chi connectivity index (χ1n) is 6.16. The van der Waals surface area contributed by atoms with Crippen LogP contribution in [0.1, 0.15) is 41.5 Å². The van der Waals surface area contributed by atoms with Crippen LogP contribution in [-0.2, 0) is 12.6 Å². The molecule has 2 aromatic heterocycles. The van der Waals surface area contributed by atoms with E-state index in [0.717, 1.165) is 31.2 Å². The minimum atomic E-state index is -4.47. The lowest BCUT2D eigenvalue weighted by molar-refractivity contribution is -0.137. The lowest BCUT2D eigenvalue weighted by Crippen LogP contribution is -2.08. The van der Waals surface area contributed by atoms with Crippen molar-refractivity contribution in [3.8, 4) is 0 Å². The topological polar surface area (TPSA) is 54.6 Å². The van der Waals surface area contributed by atoms with Gasteiger partial charge in [-0.1, -0.05) is 13.3 Å². The van der Waals surface area contributed by atoms with Gasteiger partial charge in [0.2, 0.25) is 0 Å². The van der Waals surface area contributed by atoms with Crippen molar-refractivity contribution in [3.05, 3.63) is 35.3 Å². The highest BCUT2D eigenvalue weighted by atomic mass is 19.4. The molecule has 2 heterocycles. The second-order valence-corrected chi connectivity index (χ2v) is 4.46. The number of hydrogen-bond acceptors (Lipinski definition) is 2. The number of halogens is 3. The molecule has 20 heavy (non-hydrogen) atoms. The summed E-state index contributed by atoms with van der Waals surface area (Å²) in [6.07, 6.45) is -1.36. The third-order valence-electron chi connectivity index (χ3n) is 3.00. The SMILES string of the molecule is CCCCc1nc2cc(C(F)(F)F)ccn2c1C(=O)O. The molecule has 108 valence electrons. The molecule has 0 aliphatic rings. The molecular weight excluding hydrogens is 273 g/mol. The van der Waals surface area contributed by atoms with Crippen molar-refractivity contribution < 1.29 is 23.1 Å². The van der Waals surface area contributed by atoms with Crippen molar-refractivity contribution in [3.63, 3.8) is 0 Å². The van der Waals surface area contributed by atoms with Crippen molar-refractivity contribution in [1.82, 2.24) is 9.38 Å². The van der Waals surface area contributed by atoms with Crippen LogP contribution in [0.4, 0.5) is 13.2 Å². The Morgan fingerprint density at radius 1 is 1.45 bits per heavy atom. The first kappa shape index (κ1) is 14.4. The molecule has 0 radical (unpaired) electrons. The van der Waals surface area contributed by atoms with Crippen LogP contribution in [0.5, 0.6) is 0 Å². The first-order valence-corrected chi connectivity index (χ1v) is 6.16. The molecule has 0 spiro atoms. The van der Waals surface area contributed by atoms with Gasteiger partial charge in [0.1, 0.15) is 5.65 Å². The number of alkyl halides is 3. The Labute approximate surface area is 112 Å². The summed E-state index contributed by atoms with van der Waals surface area (Å²) in [4.78, 5) is 15.3. The van der Waals surface area contributed by atoms with Gasteiger partial charge in [0.05, 0.1) is 11.3 Å². The molecule has 0 saturated heterocycles. The quantitative estimate of drug-likeness (QED) is 0.937. The standard InChI is InChI=1S/C13H13F3N2O2/c1-2-3-4-9-11(12(19)20)18-6-5-8(13(14,15)16)7-10(18)17-9/h5-7H,2-4H2,1H3,(H,19,20). The molecule has 2 rings (SSSR count). The Kier molecular flexibility index (Phi) is 3.69. The fourth-order valence-corrected chi connectivity index (χ4v) is 2.01. The van der Waals surface area contributed by atoms with Crippen LogP contribution in [0.3, 0.4) is 0 Å². The summed E-state index contributed by atoms with van der Waals surface area (Å²) in [5, 5.41) is 9.20. The highest BCUT2D eigenvalue weighted by Gasteiger charge is 2.31. The fourth-order valence-electron chi connectivity index (χ4n) is 2.01. The molecule has 0 aliphatic carbocycles. The Morgan fingerprint density at radius 3 is 2.70 bits per heavy atom. The zero-order valence-corrected chi connectivity index (χ0v) is 10.7. The predicted molar refractivity (Wildman–Crippen MR) is 65.8 cm³/mol. The fraction of sp³-hybridized carbons (Fsp3) is 0.385. The van der Waals surface area contributed by atoms with E-state index in [9.17, 15) is 23.1 Å². The summed E-state index contributed by atoms with van der Waals surface area (Å²) in [6.45, 7) is 1.94. The molecule has 0 atom stereocenters. The van der Waals surface area contributed by atoms with Crippen LogP contribution in [0.25, 0.3) is 5.65 Å². The highest BCUT2D eigenvalue weighted by Crippen LogP contribution is 2.30. The Morgan fingerprint density at radius 2 is 2.15 bits per heavy atom. The zero-order chi connectivity index (χ0) is 14.9. The lowest BCUT2D eigenvalue weighted by atomic mass is 10.2. The average molecular weight is 286 g/mol. The van der Waals surface area contributed by atoms with Gasteiger partial charge in [-0.3, -0.25) is 4.40 Å². The molecule has 0 aliphatic heterocycles.